The number of nitrogens with one attached hydrogen (secondary N) is 1. The molecule has 0 fully saturated rings. The van der Waals surface area contributed by atoms with E-state index in [1.807, 2.05) is 30.3 Å². The summed E-state index contributed by atoms with van der Waals surface area (Å²) in [5.74, 6) is -0.389. The molecular weight excluding hydrogens is 555 g/mol. The van der Waals surface area contributed by atoms with E-state index < -0.39 is 18.0 Å². The SMILES string of the molecule is CCC(Oc1ccc(Cl)cc1Cl)C(=O)N/N=C/c1cc(Br)ccc1OC(=O)/C=C/c1ccccc1. The van der Waals surface area contributed by atoms with Crippen LogP contribution in [0.1, 0.15) is 24.5 Å². The van der Waals surface area contributed by atoms with Crippen molar-refractivity contribution >= 4 is 63.3 Å². The second-order valence-electron chi connectivity index (χ2n) is 7.17. The van der Waals surface area contributed by atoms with E-state index in [4.69, 9.17) is 32.7 Å². The van der Waals surface area contributed by atoms with Crippen molar-refractivity contribution in [1.82, 2.24) is 5.43 Å². The van der Waals surface area contributed by atoms with Crippen LogP contribution in [0.15, 0.2) is 82.4 Å². The van der Waals surface area contributed by atoms with Gasteiger partial charge in [-0.25, -0.2) is 10.2 Å². The number of amides is 1. The topological polar surface area (TPSA) is 77.0 Å². The number of hydrogen-bond acceptors (Lipinski definition) is 5. The summed E-state index contributed by atoms with van der Waals surface area (Å²) in [6, 6.07) is 19.2. The van der Waals surface area contributed by atoms with Gasteiger partial charge in [0.2, 0.25) is 0 Å². The first kappa shape index (κ1) is 26.5. The van der Waals surface area contributed by atoms with Gasteiger partial charge < -0.3 is 9.47 Å². The van der Waals surface area contributed by atoms with Gasteiger partial charge in [-0.2, -0.15) is 5.10 Å². The fraction of sp³-hybridized carbons (Fsp3) is 0.115. The van der Waals surface area contributed by atoms with Crippen LogP contribution in [0.2, 0.25) is 10.0 Å². The summed E-state index contributed by atoms with van der Waals surface area (Å²) in [4.78, 5) is 24.9. The normalized spacial score (nSPS) is 12.0. The van der Waals surface area contributed by atoms with Gasteiger partial charge in [-0.3, -0.25) is 4.79 Å². The van der Waals surface area contributed by atoms with E-state index in [0.29, 0.717) is 27.8 Å². The Bertz CT molecular complexity index is 1250. The van der Waals surface area contributed by atoms with Crippen molar-refractivity contribution < 1.29 is 19.1 Å². The number of carbonyl (C=O) groups is 2. The largest absolute Gasteiger partial charge is 0.479 e. The lowest BCUT2D eigenvalue weighted by atomic mass is 10.2. The van der Waals surface area contributed by atoms with Gasteiger partial charge in [-0.05, 0) is 54.5 Å². The first-order valence-electron chi connectivity index (χ1n) is 10.5. The Balaban J connectivity index is 1.65. The van der Waals surface area contributed by atoms with Crippen LogP contribution in [0.5, 0.6) is 11.5 Å². The third-order valence-electron chi connectivity index (χ3n) is 4.60. The van der Waals surface area contributed by atoms with Crippen LogP contribution in [-0.2, 0) is 9.59 Å². The number of nitrogens with zero attached hydrogens (tertiary/aromatic N) is 1. The Morgan fingerprint density at radius 1 is 1.06 bits per heavy atom. The molecule has 0 saturated heterocycles. The van der Waals surface area contributed by atoms with E-state index in [0.717, 1.165) is 10.0 Å². The number of halogens is 3. The number of hydrazone groups is 1. The molecule has 0 heterocycles. The molecule has 9 heteroatoms. The zero-order valence-electron chi connectivity index (χ0n) is 18.6. The molecule has 0 bridgehead atoms. The second-order valence-corrected chi connectivity index (χ2v) is 8.93. The molecule has 1 amide bonds. The summed E-state index contributed by atoms with van der Waals surface area (Å²) in [7, 11) is 0. The predicted molar refractivity (Wildman–Crippen MR) is 142 cm³/mol. The molecule has 0 spiro atoms. The summed E-state index contributed by atoms with van der Waals surface area (Å²) >= 11 is 15.4. The second kappa shape index (κ2) is 13.1. The van der Waals surface area contributed by atoms with Crippen LogP contribution < -0.4 is 14.9 Å². The quantitative estimate of drug-likeness (QED) is 0.101. The van der Waals surface area contributed by atoms with Crippen LogP contribution in [0, 0.1) is 0 Å². The smallest absolute Gasteiger partial charge is 0.336 e. The fourth-order valence-corrected chi connectivity index (χ4v) is 3.70. The summed E-state index contributed by atoms with van der Waals surface area (Å²) in [6.45, 7) is 1.80. The minimum absolute atomic E-state index is 0.283. The van der Waals surface area contributed by atoms with Crippen LogP contribution in [0.4, 0.5) is 0 Å². The molecule has 1 unspecified atom stereocenters. The van der Waals surface area contributed by atoms with Crippen molar-refractivity contribution in [3.8, 4) is 11.5 Å². The fourth-order valence-electron chi connectivity index (χ4n) is 2.87. The van der Waals surface area contributed by atoms with E-state index in [-0.39, 0.29) is 5.75 Å². The molecule has 0 aliphatic rings. The number of hydrogen-bond donors (Lipinski definition) is 1. The van der Waals surface area contributed by atoms with Gasteiger partial charge >= 0.3 is 5.97 Å². The number of rotatable bonds is 9. The average molecular weight is 576 g/mol. The van der Waals surface area contributed by atoms with Gasteiger partial charge in [0.1, 0.15) is 11.5 Å². The molecule has 0 aromatic heterocycles. The number of carbonyl (C=O) groups excluding carboxylic acids is 2. The maximum atomic E-state index is 12.6. The van der Waals surface area contributed by atoms with Crippen LogP contribution in [-0.4, -0.2) is 24.2 Å². The maximum Gasteiger partial charge on any atom is 0.336 e. The molecule has 35 heavy (non-hydrogen) atoms. The molecule has 3 rings (SSSR count). The molecule has 0 radical (unpaired) electrons. The Morgan fingerprint density at radius 2 is 1.80 bits per heavy atom. The third-order valence-corrected chi connectivity index (χ3v) is 5.62. The van der Waals surface area contributed by atoms with E-state index in [2.05, 4.69) is 26.5 Å². The zero-order valence-corrected chi connectivity index (χ0v) is 21.7. The summed E-state index contributed by atoms with van der Waals surface area (Å²) in [5, 5.41) is 4.77. The van der Waals surface area contributed by atoms with Gasteiger partial charge in [0.05, 0.1) is 11.2 Å². The summed E-state index contributed by atoms with van der Waals surface area (Å²) in [6.07, 6.45) is 3.94. The van der Waals surface area contributed by atoms with Crippen molar-refractivity contribution in [1.29, 1.82) is 0 Å². The van der Waals surface area contributed by atoms with E-state index in [1.54, 1.807) is 43.3 Å². The molecule has 0 aliphatic heterocycles. The summed E-state index contributed by atoms with van der Waals surface area (Å²) < 4.78 is 11.9. The molecule has 3 aromatic rings. The van der Waals surface area contributed by atoms with Gasteiger partial charge in [0.15, 0.2) is 6.10 Å². The van der Waals surface area contributed by atoms with Gasteiger partial charge in [0, 0.05) is 21.1 Å². The first-order valence-corrected chi connectivity index (χ1v) is 12.1. The lowest BCUT2D eigenvalue weighted by Crippen LogP contribution is -2.35. The van der Waals surface area contributed by atoms with Crippen LogP contribution in [0.3, 0.4) is 0 Å². The number of ether oxygens (including phenoxy) is 2. The van der Waals surface area contributed by atoms with Gasteiger partial charge in [-0.15, -0.1) is 0 Å². The molecule has 3 aromatic carbocycles. The highest BCUT2D eigenvalue weighted by Crippen LogP contribution is 2.28. The number of benzene rings is 3. The van der Waals surface area contributed by atoms with E-state index in [9.17, 15) is 9.59 Å². The van der Waals surface area contributed by atoms with Crippen LogP contribution >= 0.6 is 39.1 Å². The highest BCUT2D eigenvalue weighted by atomic mass is 79.9. The molecule has 1 N–H and O–H groups in total. The first-order chi connectivity index (χ1) is 16.9. The minimum atomic E-state index is -0.825. The van der Waals surface area contributed by atoms with E-state index in [1.165, 1.54) is 18.4 Å². The molecule has 0 saturated carbocycles. The molecular formula is C26H21BrCl2N2O4. The molecule has 6 nitrogen and oxygen atoms in total. The van der Waals surface area contributed by atoms with Crippen molar-refractivity contribution in [2.45, 2.75) is 19.4 Å². The van der Waals surface area contributed by atoms with Crippen molar-refractivity contribution in [2.75, 3.05) is 0 Å². The van der Waals surface area contributed by atoms with Gasteiger partial charge in [-0.1, -0.05) is 76.4 Å². The highest BCUT2D eigenvalue weighted by Gasteiger charge is 2.19. The third kappa shape index (κ3) is 8.24. The van der Waals surface area contributed by atoms with Crippen molar-refractivity contribution in [3.63, 3.8) is 0 Å². The molecule has 1 atom stereocenters. The average Bonchev–Trinajstić information content (AvgIpc) is 2.84. The number of esters is 1. The minimum Gasteiger partial charge on any atom is -0.479 e. The predicted octanol–water partition coefficient (Wildman–Crippen LogP) is 6.68. The molecule has 0 aliphatic carbocycles. The zero-order chi connectivity index (χ0) is 25.2. The summed E-state index contributed by atoms with van der Waals surface area (Å²) in [5.41, 5.74) is 3.80. The standard InChI is InChI=1S/C26H21BrCl2N2O4/c1-2-22(34-24-12-10-20(28)15-21(24)29)26(33)31-30-16-18-14-19(27)9-11-23(18)35-25(32)13-8-17-6-4-3-5-7-17/h3-16,22H,2H2,1H3,(H,31,33)/b13-8+,30-16+. The highest BCUT2D eigenvalue weighted by molar-refractivity contribution is 9.10. The lowest BCUT2D eigenvalue weighted by molar-refractivity contribution is -0.129. The Labute approximate surface area is 221 Å². The monoisotopic (exact) mass is 574 g/mol. The van der Waals surface area contributed by atoms with E-state index >= 15 is 0 Å². The lowest BCUT2D eigenvalue weighted by Gasteiger charge is -2.16. The Hall–Kier alpha value is -3.13. The maximum absolute atomic E-state index is 12.6. The van der Waals surface area contributed by atoms with Crippen molar-refractivity contribution in [2.24, 2.45) is 5.10 Å². The Morgan fingerprint density at radius 3 is 2.51 bits per heavy atom. The molecule has 180 valence electrons. The van der Waals surface area contributed by atoms with Gasteiger partial charge in [0.25, 0.3) is 5.91 Å². The van der Waals surface area contributed by atoms with Crippen LogP contribution in [0.25, 0.3) is 6.08 Å². The Kier molecular flexibility index (Phi) is 9.90. The van der Waals surface area contributed by atoms with Crippen molar-refractivity contribution in [3.05, 3.63) is 98.5 Å².